The second kappa shape index (κ2) is 6.76. The molecule has 0 amide bonds. The molecule has 0 unspecified atom stereocenters. The Bertz CT molecular complexity index is 556. The molecular formula is C17H23N3O. The van der Waals surface area contributed by atoms with E-state index >= 15 is 0 Å². The summed E-state index contributed by atoms with van der Waals surface area (Å²) in [7, 11) is 1.94. The number of H-pyrrole nitrogens is 1. The second-order valence-corrected chi connectivity index (χ2v) is 5.70. The number of aromatic amines is 1. The summed E-state index contributed by atoms with van der Waals surface area (Å²) >= 11 is 0. The van der Waals surface area contributed by atoms with E-state index in [1.165, 1.54) is 37.7 Å². The zero-order valence-corrected chi connectivity index (χ0v) is 12.6. The Hall–Kier alpha value is -1.81. The van der Waals surface area contributed by atoms with E-state index in [2.05, 4.69) is 39.8 Å². The van der Waals surface area contributed by atoms with Crippen LogP contribution in [-0.2, 0) is 6.54 Å². The average Bonchev–Trinajstić information content (AvgIpc) is 2.98. The molecular weight excluding hydrogens is 262 g/mol. The average molecular weight is 285 g/mol. The van der Waals surface area contributed by atoms with Gasteiger partial charge in [0.05, 0.1) is 18.0 Å². The molecule has 0 saturated heterocycles. The topological polar surface area (TPSA) is 49.9 Å². The van der Waals surface area contributed by atoms with Crippen molar-refractivity contribution in [3.8, 4) is 17.0 Å². The number of nitrogens with zero attached hydrogens (tertiary/aromatic N) is 1. The largest absolute Gasteiger partial charge is 0.490 e. The van der Waals surface area contributed by atoms with Gasteiger partial charge in [0.1, 0.15) is 5.75 Å². The van der Waals surface area contributed by atoms with Gasteiger partial charge in [0.2, 0.25) is 0 Å². The number of aromatic nitrogens is 2. The molecule has 0 bridgehead atoms. The first-order valence-electron chi connectivity index (χ1n) is 7.81. The number of hydrogen-bond donors (Lipinski definition) is 2. The summed E-state index contributed by atoms with van der Waals surface area (Å²) in [5.41, 5.74) is 3.40. The molecule has 1 aromatic carbocycles. The Labute approximate surface area is 125 Å². The lowest BCUT2D eigenvalue weighted by molar-refractivity contribution is 0.155. The van der Waals surface area contributed by atoms with Crippen LogP contribution >= 0.6 is 0 Å². The summed E-state index contributed by atoms with van der Waals surface area (Å²) in [6.07, 6.45) is 8.60. The molecule has 1 fully saturated rings. The first kappa shape index (κ1) is 14.1. The maximum Gasteiger partial charge on any atom is 0.119 e. The smallest absolute Gasteiger partial charge is 0.119 e. The summed E-state index contributed by atoms with van der Waals surface area (Å²) in [5, 5.41) is 10.4. The molecule has 1 saturated carbocycles. The minimum Gasteiger partial charge on any atom is -0.490 e. The summed E-state index contributed by atoms with van der Waals surface area (Å²) in [4.78, 5) is 0. The van der Waals surface area contributed by atoms with Crippen LogP contribution in [0.15, 0.2) is 30.5 Å². The van der Waals surface area contributed by atoms with Crippen molar-refractivity contribution < 1.29 is 4.74 Å². The fraction of sp³-hybridized carbons (Fsp3) is 0.471. The third-order valence-electron chi connectivity index (χ3n) is 4.08. The second-order valence-electron chi connectivity index (χ2n) is 5.70. The van der Waals surface area contributed by atoms with Gasteiger partial charge in [-0.3, -0.25) is 5.10 Å². The van der Waals surface area contributed by atoms with Gasteiger partial charge < -0.3 is 10.1 Å². The van der Waals surface area contributed by atoms with Gasteiger partial charge in [-0.2, -0.15) is 5.10 Å². The van der Waals surface area contributed by atoms with Crippen LogP contribution in [0.5, 0.6) is 5.75 Å². The van der Waals surface area contributed by atoms with Crippen LogP contribution < -0.4 is 10.1 Å². The maximum absolute atomic E-state index is 6.07. The summed E-state index contributed by atoms with van der Waals surface area (Å²) < 4.78 is 6.07. The van der Waals surface area contributed by atoms with E-state index in [-0.39, 0.29) is 0 Å². The summed E-state index contributed by atoms with van der Waals surface area (Å²) in [5.74, 6) is 0.973. The van der Waals surface area contributed by atoms with Crippen LogP contribution in [0.3, 0.4) is 0 Å². The molecule has 1 aliphatic rings. The molecule has 1 heterocycles. The third kappa shape index (κ3) is 3.45. The lowest BCUT2D eigenvalue weighted by Gasteiger charge is -2.23. The molecule has 2 aromatic rings. The highest BCUT2D eigenvalue weighted by Gasteiger charge is 2.15. The third-order valence-corrected chi connectivity index (χ3v) is 4.08. The molecule has 21 heavy (non-hydrogen) atoms. The number of hydrogen-bond acceptors (Lipinski definition) is 3. The van der Waals surface area contributed by atoms with E-state index in [4.69, 9.17) is 4.74 Å². The van der Waals surface area contributed by atoms with Crippen LogP contribution in [0.4, 0.5) is 0 Å². The molecule has 0 spiro atoms. The molecule has 3 rings (SSSR count). The van der Waals surface area contributed by atoms with Crippen LogP contribution in [0, 0.1) is 0 Å². The van der Waals surface area contributed by atoms with Gasteiger partial charge >= 0.3 is 0 Å². The van der Waals surface area contributed by atoms with Gasteiger partial charge in [-0.1, -0.05) is 6.42 Å². The molecule has 0 aliphatic heterocycles. The zero-order chi connectivity index (χ0) is 14.5. The molecule has 4 nitrogen and oxygen atoms in total. The first-order chi connectivity index (χ1) is 10.4. The van der Waals surface area contributed by atoms with Gasteiger partial charge in [-0.15, -0.1) is 0 Å². The van der Waals surface area contributed by atoms with E-state index in [1.807, 2.05) is 13.2 Å². The number of benzene rings is 1. The van der Waals surface area contributed by atoms with Crippen molar-refractivity contribution in [3.05, 3.63) is 36.0 Å². The van der Waals surface area contributed by atoms with Crippen molar-refractivity contribution in [2.24, 2.45) is 0 Å². The SMILES string of the molecule is CNCc1cn[nH]c1-c1ccc(OC2CCCCC2)cc1. The van der Waals surface area contributed by atoms with E-state index in [0.717, 1.165) is 23.6 Å². The molecule has 1 aliphatic carbocycles. The van der Waals surface area contributed by atoms with E-state index < -0.39 is 0 Å². The van der Waals surface area contributed by atoms with Gasteiger partial charge in [0, 0.05) is 17.7 Å². The van der Waals surface area contributed by atoms with Gasteiger partial charge in [0.25, 0.3) is 0 Å². The maximum atomic E-state index is 6.07. The van der Waals surface area contributed by atoms with Crippen LogP contribution in [0.2, 0.25) is 0 Å². The van der Waals surface area contributed by atoms with Gasteiger partial charge in [-0.25, -0.2) is 0 Å². The molecule has 1 aromatic heterocycles. The Morgan fingerprint density at radius 2 is 1.95 bits per heavy atom. The summed E-state index contributed by atoms with van der Waals surface area (Å²) in [6, 6.07) is 8.33. The standard InChI is InChI=1S/C17H23N3O/c1-18-11-14-12-19-20-17(14)13-7-9-16(10-8-13)21-15-5-3-2-4-6-15/h7-10,12,15,18H,2-6,11H2,1H3,(H,19,20). The minimum absolute atomic E-state index is 0.400. The van der Waals surface area contributed by atoms with E-state index in [9.17, 15) is 0 Å². The molecule has 0 atom stereocenters. The van der Waals surface area contributed by atoms with Crippen molar-refractivity contribution in [3.63, 3.8) is 0 Å². The highest BCUT2D eigenvalue weighted by molar-refractivity contribution is 5.63. The van der Waals surface area contributed by atoms with Crippen molar-refractivity contribution in [1.82, 2.24) is 15.5 Å². The van der Waals surface area contributed by atoms with Crippen molar-refractivity contribution in [2.45, 2.75) is 44.8 Å². The fourth-order valence-corrected chi connectivity index (χ4v) is 2.96. The van der Waals surface area contributed by atoms with Crippen molar-refractivity contribution >= 4 is 0 Å². The predicted molar refractivity (Wildman–Crippen MR) is 84.3 cm³/mol. The monoisotopic (exact) mass is 285 g/mol. The highest BCUT2D eigenvalue weighted by atomic mass is 16.5. The first-order valence-corrected chi connectivity index (χ1v) is 7.81. The highest BCUT2D eigenvalue weighted by Crippen LogP contribution is 2.26. The lowest BCUT2D eigenvalue weighted by Crippen LogP contribution is -2.19. The molecule has 4 heteroatoms. The molecule has 0 radical (unpaired) electrons. The Kier molecular flexibility index (Phi) is 4.55. The quantitative estimate of drug-likeness (QED) is 0.884. The Balaban J connectivity index is 1.69. The predicted octanol–water partition coefficient (Wildman–Crippen LogP) is 3.51. The molecule has 112 valence electrons. The van der Waals surface area contributed by atoms with Crippen molar-refractivity contribution in [1.29, 1.82) is 0 Å². The minimum atomic E-state index is 0.400. The van der Waals surface area contributed by atoms with E-state index in [0.29, 0.717) is 6.10 Å². The summed E-state index contributed by atoms with van der Waals surface area (Å²) in [6.45, 7) is 0.812. The van der Waals surface area contributed by atoms with Crippen LogP contribution in [0.1, 0.15) is 37.7 Å². The number of ether oxygens (including phenoxy) is 1. The zero-order valence-electron chi connectivity index (χ0n) is 12.6. The normalized spacial score (nSPS) is 16.0. The Morgan fingerprint density at radius 3 is 2.67 bits per heavy atom. The van der Waals surface area contributed by atoms with E-state index in [1.54, 1.807) is 0 Å². The van der Waals surface area contributed by atoms with Crippen LogP contribution in [0.25, 0.3) is 11.3 Å². The van der Waals surface area contributed by atoms with Crippen LogP contribution in [-0.4, -0.2) is 23.3 Å². The van der Waals surface area contributed by atoms with Gasteiger partial charge in [0.15, 0.2) is 0 Å². The lowest BCUT2D eigenvalue weighted by atomic mass is 9.98. The van der Waals surface area contributed by atoms with Gasteiger partial charge in [-0.05, 0) is 57.0 Å². The van der Waals surface area contributed by atoms with Crippen molar-refractivity contribution in [2.75, 3.05) is 7.05 Å². The number of rotatable bonds is 5. The number of nitrogens with one attached hydrogen (secondary N) is 2. The molecule has 2 N–H and O–H groups in total. The fourth-order valence-electron chi connectivity index (χ4n) is 2.96. The Morgan fingerprint density at radius 1 is 1.19 bits per heavy atom.